The molecule has 0 aliphatic rings. The summed E-state index contributed by atoms with van der Waals surface area (Å²) in [5.41, 5.74) is 2.53. The van der Waals surface area contributed by atoms with Crippen molar-refractivity contribution < 1.29 is 8.42 Å². The molecule has 0 unspecified atom stereocenters. The molecule has 0 saturated carbocycles. The zero-order chi connectivity index (χ0) is 20.3. The molecule has 2 aromatic heterocycles. The monoisotopic (exact) mass is 399 g/mol. The van der Waals surface area contributed by atoms with Gasteiger partial charge in [0.15, 0.2) is 0 Å². The standard InChI is InChI=1S/C20H25N5O2S/c1-14(2)25(13-17-8-6-5-7-9-17)19-11-10-18(12-21-19)24-28(26,27)20-15(3)22-23-16(20)4/h5-12,14,24H,13H2,1-4H3,(H,22,23). The van der Waals surface area contributed by atoms with Crippen LogP contribution in [0.5, 0.6) is 0 Å². The van der Waals surface area contributed by atoms with Gasteiger partial charge in [-0.1, -0.05) is 30.3 Å². The molecule has 0 amide bonds. The predicted octanol–water partition coefficient (Wildman–Crippen LogP) is 3.64. The third-order valence-electron chi connectivity index (χ3n) is 4.44. The fourth-order valence-corrected chi connectivity index (χ4v) is 4.48. The van der Waals surface area contributed by atoms with Gasteiger partial charge in [-0.2, -0.15) is 5.10 Å². The number of benzene rings is 1. The van der Waals surface area contributed by atoms with Crippen molar-refractivity contribution in [3.8, 4) is 0 Å². The van der Waals surface area contributed by atoms with Crippen molar-refractivity contribution in [2.24, 2.45) is 0 Å². The molecule has 0 atom stereocenters. The van der Waals surface area contributed by atoms with Gasteiger partial charge < -0.3 is 4.90 Å². The molecule has 148 valence electrons. The highest BCUT2D eigenvalue weighted by molar-refractivity contribution is 7.92. The summed E-state index contributed by atoms with van der Waals surface area (Å²) in [4.78, 5) is 6.82. The first-order valence-corrected chi connectivity index (χ1v) is 10.6. The van der Waals surface area contributed by atoms with E-state index in [9.17, 15) is 8.42 Å². The molecule has 0 aliphatic heterocycles. The molecule has 1 aromatic carbocycles. The highest BCUT2D eigenvalue weighted by atomic mass is 32.2. The quantitative estimate of drug-likeness (QED) is 0.633. The lowest BCUT2D eigenvalue weighted by molar-refractivity contribution is 0.600. The highest BCUT2D eigenvalue weighted by Gasteiger charge is 2.22. The Kier molecular flexibility index (Phi) is 5.69. The second-order valence-electron chi connectivity index (χ2n) is 6.98. The van der Waals surface area contributed by atoms with E-state index in [1.54, 1.807) is 19.9 Å². The molecule has 3 aromatic rings. The van der Waals surface area contributed by atoms with Crippen LogP contribution < -0.4 is 9.62 Å². The van der Waals surface area contributed by atoms with E-state index in [0.29, 0.717) is 17.1 Å². The number of anilines is 2. The van der Waals surface area contributed by atoms with Crippen molar-refractivity contribution in [3.05, 3.63) is 65.6 Å². The summed E-state index contributed by atoms with van der Waals surface area (Å²) in [5, 5.41) is 6.65. The minimum Gasteiger partial charge on any atom is -0.350 e. The smallest absolute Gasteiger partial charge is 0.265 e. The van der Waals surface area contributed by atoms with Crippen LogP contribution in [0.15, 0.2) is 53.6 Å². The zero-order valence-electron chi connectivity index (χ0n) is 16.5. The van der Waals surface area contributed by atoms with Gasteiger partial charge in [-0.05, 0) is 45.4 Å². The lowest BCUT2D eigenvalue weighted by Crippen LogP contribution is -2.30. The van der Waals surface area contributed by atoms with Crippen molar-refractivity contribution in [2.75, 3.05) is 9.62 Å². The van der Waals surface area contributed by atoms with Gasteiger partial charge >= 0.3 is 0 Å². The Balaban J connectivity index is 1.80. The first kappa shape index (κ1) is 19.9. The Hall–Kier alpha value is -2.87. The molecule has 2 N–H and O–H groups in total. The van der Waals surface area contributed by atoms with Crippen LogP contribution in [-0.4, -0.2) is 29.6 Å². The molecule has 8 heteroatoms. The third-order valence-corrected chi connectivity index (χ3v) is 6.09. The highest BCUT2D eigenvalue weighted by Crippen LogP contribution is 2.23. The van der Waals surface area contributed by atoms with Gasteiger partial charge in [-0.25, -0.2) is 13.4 Å². The summed E-state index contributed by atoms with van der Waals surface area (Å²) in [6.45, 7) is 8.27. The van der Waals surface area contributed by atoms with E-state index in [-0.39, 0.29) is 10.9 Å². The molecule has 0 bridgehead atoms. The van der Waals surface area contributed by atoms with Gasteiger partial charge in [0.2, 0.25) is 0 Å². The van der Waals surface area contributed by atoms with Crippen molar-refractivity contribution in [1.82, 2.24) is 15.2 Å². The topological polar surface area (TPSA) is 91.0 Å². The summed E-state index contributed by atoms with van der Waals surface area (Å²) in [5.74, 6) is 0.789. The molecule has 0 aliphatic carbocycles. The average molecular weight is 400 g/mol. The molecule has 0 fully saturated rings. The van der Waals surface area contributed by atoms with Crippen LogP contribution in [0.3, 0.4) is 0 Å². The maximum absolute atomic E-state index is 12.7. The number of nitrogens with zero attached hydrogens (tertiary/aromatic N) is 3. The Bertz CT molecular complexity index is 1010. The van der Waals surface area contributed by atoms with Gasteiger partial charge in [-0.3, -0.25) is 9.82 Å². The van der Waals surface area contributed by atoms with E-state index in [1.165, 1.54) is 11.8 Å². The average Bonchev–Trinajstić information content (AvgIpc) is 3.00. The number of pyridine rings is 1. The molecular formula is C20H25N5O2S. The maximum atomic E-state index is 12.7. The van der Waals surface area contributed by atoms with E-state index in [0.717, 1.165) is 12.4 Å². The number of aromatic amines is 1. The number of H-pyrrole nitrogens is 1. The lowest BCUT2D eigenvalue weighted by Gasteiger charge is -2.28. The van der Waals surface area contributed by atoms with Crippen LogP contribution in [0.1, 0.15) is 30.8 Å². The minimum atomic E-state index is -3.73. The molecule has 0 saturated heterocycles. The number of hydrogen-bond donors (Lipinski definition) is 2. The van der Waals surface area contributed by atoms with Crippen LogP contribution in [0.25, 0.3) is 0 Å². The van der Waals surface area contributed by atoms with Gasteiger partial charge in [-0.15, -0.1) is 0 Å². The maximum Gasteiger partial charge on any atom is 0.265 e. The summed E-state index contributed by atoms with van der Waals surface area (Å²) in [6.07, 6.45) is 1.54. The summed E-state index contributed by atoms with van der Waals surface area (Å²) < 4.78 is 27.9. The number of sulfonamides is 1. The normalized spacial score (nSPS) is 11.6. The van der Waals surface area contributed by atoms with Crippen molar-refractivity contribution in [3.63, 3.8) is 0 Å². The number of aryl methyl sites for hydroxylation is 2. The van der Waals surface area contributed by atoms with Crippen LogP contribution in [0.4, 0.5) is 11.5 Å². The number of hydrogen-bond acceptors (Lipinski definition) is 5. The van der Waals surface area contributed by atoms with Crippen LogP contribution in [-0.2, 0) is 16.6 Å². The molecule has 0 radical (unpaired) electrons. The second-order valence-corrected chi connectivity index (χ2v) is 8.60. The summed E-state index contributed by atoms with van der Waals surface area (Å²) in [6, 6.07) is 14.0. The van der Waals surface area contributed by atoms with Gasteiger partial charge in [0.25, 0.3) is 10.0 Å². The van der Waals surface area contributed by atoms with Gasteiger partial charge in [0.05, 0.1) is 23.3 Å². The molecule has 2 heterocycles. The Labute approximate surface area is 165 Å². The van der Waals surface area contributed by atoms with E-state index in [1.807, 2.05) is 24.3 Å². The van der Waals surface area contributed by atoms with Gasteiger partial charge in [0, 0.05) is 12.6 Å². The van der Waals surface area contributed by atoms with Crippen LogP contribution in [0.2, 0.25) is 0 Å². The fourth-order valence-electron chi connectivity index (χ4n) is 3.07. The molecule has 7 nitrogen and oxygen atoms in total. The van der Waals surface area contributed by atoms with E-state index in [2.05, 4.69) is 50.8 Å². The Morgan fingerprint density at radius 2 is 1.82 bits per heavy atom. The predicted molar refractivity (Wildman–Crippen MR) is 111 cm³/mol. The third kappa shape index (κ3) is 4.33. The zero-order valence-corrected chi connectivity index (χ0v) is 17.3. The molecular weight excluding hydrogens is 374 g/mol. The first-order chi connectivity index (χ1) is 13.3. The Morgan fingerprint density at radius 1 is 1.11 bits per heavy atom. The number of rotatable bonds is 7. The van der Waals surface area contributed by atoms with E-state index < -0.39 is 10.0 Å². The molecule has 3 rings (SSSR count). The number of nitrogens with one attached hydrogen (secondary N) is 2. The summed E-state index contributed by atoms with van der Waals surface area (Å²) >= 11 is 0. The van der Waals surface area contributed by atoms with Gasteiger partial charge in [0.1, 0.15) is 10.7 Å². The van der Waals surface area contributed by atoms with Crippen LogP contribution >= 0.6 is 0 Å². The van der Waals surface area contributed by atoms with E-state index >= 15 is 0 Å². The SMILES string of the molecule is Cc1n[nH]c(C)c1S(=O)(=O)Nc1ccc(N(Cc2ccccc2)C(C)C)nc1. The van der Waals surface area contributed by atoms with Crippen molar-refractivity contribution >= 4 is 21.5 Å². The summed E-state index contributed by atoms with van der Waals surface area (Å²) in [7, 11) is -3.73. The van der Waals surface area contributed by atoms with Crippen molar-refractivity contribution in [2.45, 2.75) is 45.2 Å². The van der Waals surface area contributed by atoms with Crippen molar-refractivity contribution in [1.29, 1.82) is 0 Å². The lowest BCUT2D eigenvalue weighted by atomic mass is 10.2. The number of aromatic nitrogens is 3. The minimum absolute atomic E-state index is 0.171. The van der Waals surface area contributed by atoms with Crippen LogP contribution in [0, 0.1) is 13.8 Å². The largest absolute Gasteiger partial charge is 0.350 e. The second kappa shape index (κ2) is 8.02. The molecule has 28 heavy (non-hydrogen) atoms. The fraction of sp³-hybridized carbons (Fsp3) is 0.300. The first-order valence-electron chi connectivity index (χ1n) is 9.09. The Morgan fingerprint density at radius 3 is 2.36 bits per heavy atom. The molecule has 0 spiro atoms. The van der Waals surface area contributed by atoms with E-state index in [4.69, 9.17) is 0 Å².